The highest BCUT2D eigenvalue weighted by Gasteiger charge is 2.25. The quantitative estimate of drug-likeness (QED) is 0.739. The minimum absolute atomic E-state index is 0.00797. The molecule has 0 atom stereocenters. The number of carbonyl (C=O) groups excluding carboxylic acids is 2. The molecule has 0 unspecified atom stereocenters. The van der Waals surface area contributed by atoms with E-state index in [1.54, 1.807) is 12.1 Å². The summed E-state index contributed by atoms with van der Waals surface area (Å²) >= 11 is 0. The number of carbonyl (C=O) groups is 2. The molecule has 2 aromatic carbocycles. The van der Waals surface area contributed by atoms with Crippen molar-refractivity contribution in [3.8, 4) is 11.4 Å². The maximum absolute atomic E-state index is 11.8. The Morgan fingerprint density at radius 2 is 1.60 bits per heavy atom. The van der Waals surface area contributed by atoms with Gasteiger partial charge < -0.3 is 5.11 Å². The Hall–Kier alpha value is -3.48. The number of aromatic hydroxyl groups is 1. The van der Waals surface area contributed by atoms with Gasteiger partial charge in [-0.15, -0.1) is 15.0 Å². The van der Waals surface area contributed by atoms with Crippen LogP contribution in [0.4, 0.5) is 0 Å². The smallest absolute Gasteiger partial charge is 0.253 e. The second-order valence-corrected chi connectivity index (χ2v) is 5.87. The SMILES string of the molecule is Cc1cc(CN2C(=O)C=CC2=O)c(O)c(-n2nc3ccccc3n2)c1. The Morgan fingerprint density at radius 3 is 2.20 bits per heavy atom. The van der Waals surface area contributed by atoms with Gasteiger partial charge in [0.15, 0.2) is 0 Å². The molecule has 0 fully saturated rings. The Bertz CT molecular complexity index is 1000. The van der Waals surface area contributed by atoms with Gasteiger partial charge in [0.25, 0.3) is 11.8 Å². The van der Waals surface area contributed by atoms with Crippen LogP contribution in [-0.4, -0.2) is 36.8 Å². The first-order valence-corrected chi connectivity index (χ1v) is 7.71. The molecule has 0 radical (unpaired) electrons. The first-order valence-electron chi connectivity index (χ1n) is 7.71. The maximum Gasteiger partial charge on any atom is 0.253 e. The van der Waals surface area contributed by atoms with E-state index in [-0.39, 0.29) is 12.3 Å². The van der Waals surface area contributed by atoms with Crippen LogP contribution < -0.4 is 0 Å². The van der Waals surface area contributed by atoms with Gasteiger partial charge >= 0.3 is 0 Å². The summed E-state index contributed by atoms with van der Waals surface area (Å²) in [5.41, 5.74) is 3.13. The normalized spacial score (nSPS) is 14.0. The molecule has 124 valence electrons. The van der Waals surface area contributed by atoms with Crippen LogP contribution in [0.3, 0.4) is 0 Å². The zero-order valence-corrected chi connectivity index (χ0v) is 13.4. The summed E-state index contributed by atoms with van der Waals surface area (Å²) in [4.78, 5) is 26.0. The molecule has 0 bridgehead atoms. The van der Waals surface area contributed by atoms with Crippen molar-refractivity contribution < 1.29 is 14.7 Å². The summed E-state index contributed by atoms with van der Waals surface area (Å²) < 4.78 is 0. The van der Waals surface area contributed by atoms with E-state index in [9.17, 15) is 14.7 Å². The van der Waals surface area contributed by atoms with E-state index in [1.807, 2.05) is 31.2 Å². The number of imide groups is 1. The fourth-order valence-corrected chi connectivity index (χ4v) is 2.83. The lowest BCUT2D eigenvalue weighted by atomic mass is 10.1. The third kappa shape index (κ3) is 2.55. The van der Waals surface area contributed by atoms with Crippen molar-refractivity contribution in [3.63, 3.8) is 0 Å². The predicted octanol–water partition coefficient (Wildman–Crippen LogP) is 1.86. The van der Waals surface area contributed by atoms with Crippen molar-refractivity contribution in [2.24, 2.45) is 0 Å². The molecular weight excluding hydrogens is 320 g/mol. The van der Waals surface area contributed by atoms with E-state index < -0.39 is 11.8 Å². The van der Waals surface area contributed by atoms with Crippen LogP contribution in [-0.2, 0) is 16.1 Å². The number of aromatic nitrogens is 3. The third-order valence-corrected chi connectivity index (χ3v) is 4.04. The fraction of sp³-hybridized carbons (Fsp3) is 0.111. The molecule has 3 aromatic rings. The first-order chi connectivity index (χ1) is 12.0. The van der Waals surface area contributed by atoms with Crippen LogP contribution in [0.1, 0.15) is 11.1 Å². The highest BCUT2D eigenvalue weighted by atomic mass is 16.3. The molecule has 4 rings (SSSR count). The highest BCUT2D eigenvalue weighted by molar-refractivity contribution is 6.12. The van der Waals surface area contributed by atoms with Crippen molar-refractivity contribution in [1.82, 2.24) is 19.9 Å². The van der Waals surface area contributed by atoms with E-state index in [0.717, 1.165) is 10.5 Å². The molecule has 0 saturated heterocycles. The molecule has 2 heterocycles. The van der Waals surface area contributed by atoms with Gasteiger partial charge in [0.1, 0.15) is 22.5 Å². The molecule has 0 spiro atoms. The number of hydrogen-bond acceptors (Lipinski definition) is 5. The van der Waals surface area contributed by atoms with Crippen LogP contribution >= 0.6 is 0 Å². The minimum Gasteiger partial charge on any atom is -0.505 e. The lowest BCUT2D eigenvalue weighted by Crippen LogP contribution is -2.29. The summed E-state index contributed by atoms with van der Waals surface area (Å²) in [6.07, 6.45) is 2.44. The first kappa shape index (κ1) is 15.1. The van der Waals surface area contributed by atoms with Crippen molar-refractivity contribution >= 4 is 22.8 Å². The lowest BCUT2D eigenvalue weighted by molar-refractivity contribution is -0.137. The van der Waals surface area contributed by atoms with E-state index in [2.05, 4.69) is 10.2 Å². The van der Waals surface area contributed by atoms with Gasteiger partial charge in [-0.2, -0.15) is 0 Å². The van der Waals surface area contributed by atoms with Crippen molar-refractivity contribution in [2.45, 2.75) is 13.5 Å². The predicted molar refractivity (Wildman–Crippen MR) is 90.0 cm³/mol. The monoisotopic (exact) mass is 334 g/mol. The zero-order valence-electron chi connectivity index (χ0n) is 13.4. The number of phenolic OH excluding ortho intramolecular Hbond substituents is 1. The molecule has 2 amide bonds. The molecular formula is C18H14N4O3. The number of hydrogen-bond donors (Lipinski definition) is 1. The molecule has 0 aliphatic carbocycles. The molecule has 7 heteroatoms. The van der Waals surface area contributed by atoms with Crippen molar-refractivity contribution in [2.75, 3.05) is 0 Å². The van der Waals surface area contributed by atoms with Crippen LogP contribution in [0.25, 0.3) is 16.7 Å². The molecule has 1 aliphatic heterocycles. The second kappa shape index (κ2) is 5.55. The Balaban J connectivity index is 1.78. The minimum atomic E-state index is -0.393. The Labute approximate surface area is 142 Å². The topological polar surface area (TPSA) is 88.3 Å². The third-order valence-electron chi connectivity index (χ3n) is 4.04. The molecule has 25 heavy (non-hydrogen) atoms. The summed E-state index contributed by atoms with van der Waals surface area (Å²) in [6.45, 7) is 1.85. The second-order valence-electron chi connectivity index (χ2n) is 5.87. The molecule has 7 nitrogen and oxygen atoms in total. The number of benzene rings is 2. The zero-order chi connectivity index (χ0) is 17.6. The number of phenols is 1. The van der Waals surface area contributed by atoms with Gasteiger partial charge in [-0.1, -0.05) is 18.2 Å². The number of amides is 2. The fourth-order valence-electron chi connectivity index (χ4n) is 2.83. The van der Waals surface area contributed by atoms with E-state index >= 15 is 0 Å². The number of rotatable bonds is 3. The van der Waals surface area contributed by atoms with Gasteiger partial charge in [0.2, 0.25) is 0 Å². The van der Waals surface area contributed by atoms with Gasteiger partial charge in [0, 0.05) is 17.7 Å². The van der Waals surface area contributed by atoms with Crippen molar-refractivity contribution in [3.05, 3.63) is 59.7 Å². The van der Waals surface area contributed by atoms with Gasteiger partial charge in [-0.25, -0.2) is 0 Å². The van der Waals surface area contributed by atoms with E-state index in [4.69, 9.17) is 0 Å². The van der Waals surface area contributed by atoms with Crippen LogP contribution in [0.2, 0.25) is 0 Å². The van der Waals surface area contributed by atoms with Crippen LogP contribution in [0.15, 0.2) is 48.6 Å². The lowest BCUT2D eigenvalue weighted by Gasteiger charge is -2.16. The summed E-state index contributed by atoms with van der Waals surface area (Å²) in [7, 11) is 0. The summed E-state index contributed by atoms with van der Waals surface area (Å²) in [5.74, 6) is -0.843. The number of aryl methyl sites for hydroxylation is 1. The Morgan fingerprint density at radius 1 is 1.00 bits per heavy atom. The summed E-state index contributed by atoms with van der Waals surface area (Å²) in [6, 6.07) is 10.9. The molecule has 1 N–H and O–H groups in total. The largest absolute Gasteiger partial charge is 0.505 e. The van der Waals surface area contributed by atoms with Gasteiger partial charge in [-0.05, 0) is 30.7 Å². The Kier molecular flexibility index (Phi) is 3.35. The molecule has 1 aliphatic rings. The van der Waals surface area contributed by atoms with Crippen LogP contribution in [0, 0.1) is 6.92 Å². The van der Waals surface area contributed by atoms with Crippen LogP contribution in [0.5, 0.6) is 5.75 Å². The van der Waals surface area contributed by atoms with Gasteiger partial charge in [0.05, 0.1) is 6.54 Å². The highest BCUT2D eigenvalue weighted by Crippen LogP contribution is 2.29. The average Bonchev–Trinajstić information content (AvgIpc) is 3.15. The maximum atomic E-state index is 11.8. The number of fused-ring (bicyclic) bond motifs is 1. The van der Waals surface area contributed by atoms with E-state index in [1.165, 1.54) is 16.9 Å². The van der Waals surface area contributed by atoms with Gasteiger partial charge in [-0.3, -0.25) is 14.5 Å². The average molecular weight is 334 g/mol. The standard InChI is InChI=1S/C18H14N4O3/c1-11-8-12(10-21-16(23)6-7-17(21)24)18(25)15(9-11)22-19-13-4-2-3-5-14(13)20-22/h2-9,25H,10H2,1H3. The van der Waals surface area contributed by atoms with E-state index in [0.29, 0.717) is 22.3 Å². The molecule has 1 aromatic heterocycles. The van der Waals surface area contributed by atoms with Crippen molar-refractivity contribution in [1.29, 1.82) is 0 Å². The molecule has 0 saturated carbocycles. The number of nitrogens with zero attached hydrogens (tertiary/aromatic N) is 4. The summed E-state index contributed by atoms with van der Waals surface area (Å²) in [5, 5.41) is 19.4.